The Morgan fingerprint density at radius 1 is 1.24 bits per heavy atom. The van der Waals surface area contributed by atoms with Crippen LogP contribution in [0.25, 0.3) is 0 Å². The van der Waals surface area contributed by atoms with Crippen LogP contribution in [0.15, 0.2) is 24.3 Å². The summed E-state index contributed by atoms with van der Waals surface area (Å²) in [6, 6.07) is 7.88. The van der Waals surface area contributed by atoms with E-state index in [9.17, 15) is 0 Å². The molecule has 0 saturated heterocycles. The van der Waals surface area contributed by atoms with E-state index >= 15 is 0 Å². The molecule has 0 aliphatic heterocycles. The number of hydrogen-bond donors (Lipinski definition) is 0. The fourth-order valence-corrected chi connectivity index (χ4v) is 2.28. The second-order valence-corrected chi connectivity index (χ2v) is 5.35. The molecule has 0 bridgehead atoms. The molecule has 1 unspecified atom stereocenters. The van der Waals surface area contributed by atoms with Gasteiger partial charge >= 0.3 is 0 Å². The van der Waals surface area contributed by atoms with Crippen molar-refractivity contribution in [3.63, 3.8) is 0 Å². The molecule has 1 aromatic rings. The van der Waals surface area contributed by atoms with Gasteiger partial charge in [0.1, 0.15) is 0 Å². The SMILES string of the molecule is CC(C)COCCC(CCl)c1ccccc1Cl. The Morgan fingerprint density at radius 3 is 2.53 bits per heavy atom. The highest BCUT2D eigenvalue weighted by atomic mass is 35.5. The van der Waals surface area contributed by atoms with Crippen molar-refractivity contribution >= 4 is 23.2 Å². The van der Waals surface area contributed by atoms with Crippen LogP contribution >= 0.6 is 23.2 Å². The molecule has 3 heteroatoms. The van der Waals surface area contributed by atoms with Gasteiger partial charge in [-0.2, -0.15) is 0 Å². The third kappa shape index (κ3) is 5.29. The van der Waals surface area contributed by atoms with E-state index in [1.165, 1.54) is 0 Å². The Bertz CT molecular complexity index is 326. The van der Waals surface area contributed by atoms with E-state index in [0.717, 1.165) is 30.2 Å². The Balaban J connectivity index is 2.46. The van der Waals surface area contributed by atoms with Crippen molar-refractivity contribution < 1.29 is 4.74 Å². The zero-order chi connectivity index (χ0) is 12.7. The molecular weight excluding hydrogens is 255 g/mol. The summed E-state index contributed by atoms with van der Waals surface area (Å²) in [4.78, 5) is 0. The molecule has 17 heavy (non-hydrogen) atoms. The zero-order valence-electron chi connectivity index (χ0n) is 10.5. The van der Waals surface area contributed by atoms with Gasteiger partial charge < -0.3 is 4.74 Å². The summed E-state index contributed by atoms with van der Waals surface area (Å²) in [5.41, 5.74) is 1.12. The minimum absolute atomic E-state index is 0.275. The minimum atomic E-state index is 0.275. The van der Waals surface area contributed by atoms with E-state index in [-0.39, 0.29) is 5.92 Å². The summed E-state index contributed by atoms with van der Waals surface area (Å²) in [7, 11) is 0. The molecule has 0 spiro atoms. The number of rotatable bonds is 7. The Kier molecular flexibility index (Phi) is 6.94. The molecule has 96 valence electrons. The maximum Gasteiger partial charge on any atom is 0.0488 e. The summed E-state index contributed by atoms with van der Waals surface area (Å²) < 4.78 is 5.59. The third-order valence-electron chi connectivity index (χ3n) is 2.59. The number of alkyl halides is 1. The molecular formula is C14H20Cl2O. The van der Waals surface area contributed by atoms with E-state index < -0.39 is 0 Å². The summed E-state index contributed by atoms with van der Waals surface area (Å²) in [6.45, 7) is 5.83. The largest absolute Gasteiger partial charge is 0.381 e. The molecule has 1 atom stereocenters. The standard InChI is InChI=1S/C14H20Cl2O/c1-11(2)10-17-8-7-12(9-15)13-5-3-4-6-14(13)16/h3-6,11-12H,7-10H2,1-2H3. The molecule has 0 saturated carbocycles. The highest BCUT2D eigenvalue weighted by molar-refractivity contribution is 6.31. The zero-order valence-corrected chi connectivity index (χ0v) is 12.0. The van der Waals surface area contributed by atoms with Gasteiger partial charge in [-0.05, 0) is 24.0 Å². The summed E-state index contributed by atoms with van der Waals surface area (Å²) in [5, 5.41) is 0.794. The van der Waals surface area contributed by atoms with E-state index in [1.807, 2.05) is 24.3 Å². The van der Waals surface area contributed by atoms with E-state index in [0.29, 0.717) is 11.8 Å². The van der Waals surface area contributed by atoms with Crippen LogP contribution in [-0.2, 0) is 4.74 Å². The highest BCUT2D eigenvalue weighted by Crippen LogP contribution is 2.27. The van der Waals surface area contributed by atoms with Gasteiger partial charge in [0.15, 0.2) is 0 Å². The van der Waals surface area contributed by atoms with Crippen LogP contribution in [0.2, 0.25) is 5.02 Å². The Labute approximate surface area is 114 Å². The van der Waals surface area contributed by atoms with Crippen molar-refractivity contribution in [2.24, 2.45) is 5.92 Å². The van der Waals surface area contributed by atoms with Gasteiger partial charge in [-0.3, -0.25) is 0 Å². The van der Waals surface area contributed by atoms with Crippen molar-refractivity contribution in [3.05, 3.63) is 34.9 Å². The highest BCUT2D eigenvalue weighted by Gasteiger charge is 2.13. The monoisotopic (exact) mass is 274 g/mol. The molecule has 1 nitrogen and oxygen atoms in total. The van der Waals surface area contributed by atoms with Crippen molar-refractivity contribution in [1.82, 2.24) is 0 Å². The van der Waals surface area contributed by atoms with Crippen LogP contribution in [0, 0.1) is 5.92 Å². The molecule has 0 aliphatic rings. The molecule has 1 aromatic carbocycles. The third-order valence-corrected chi connectivity index (χ3v) is 3.31. The first kappa shape index (κ1) is 14.8. The molecule has 0 amide bonds. The lowest BCUT2D eigenvalue weighted by molar-refractivity contribution is 0.105. The summed E-state index contributed by atoms with van der Waals surface area (Å²) >= 11 is 12.2. The lowest BCUT2D eigenvalue weighted by atomic mass is 9.98. The van der Waals surface area contributed by atoms with Crippen molar-refractivity contribution in [2.75, 3.05) is 19.1 Å². The van der Waals surface area contributed by atoms with Gasteiger partial charge in [-0.25, -0.2) is 0 Å². The average Bonchev–Trinajstić information content (AvgIpc) is 2.30. The number of halogens is 2. The lowest BCUT2D eigenvalue weighted by Crippen LogP contribution is -2.09. The predicted octanol–water partition coefficient (Wildman–Crippen LogP) is 4.73. The second-order valence-electron chi connectivity index (χ2n) is 4.63. The average molecular weight is 275 g/mol. The summed E-state index contributed by atoms with van der Waals surface area (Å²) in [5.74, 6) is 1.43. The molecule has 1 rings (SSSR count). The van der Waals surface area contributed by atoms with Crippen molar-refractivity contribution in [1.29, 1.82) is 0 Å². The van der Waals surface area contributed by atoms with Crippen molar-refractivity contribution in [3.8, 4) is 0 Å². The van der Waals surface area contributed by atoms with Crippen LogP contribution in [0.1, 0.15) is 31.7 Å². The lowest BCUT2D eigenvalue weighted by Gasteiger charge is -2.16. The normalized spacial score (nSPS) is 13.0. The quantitative estimate of drug-likeness (QED) is 0.516. The topological polar surface area (TPSA) is 9.23 Å². The predicted molar refractivity (Wildman–Crippen MR) is 75.2 cm³/mol. The molecule has 0 N–H and O–H groups in total. The van der Waals surface area contributed by atoms with E-state index in [1.54, 1.807) is 0 Å². The number of benzene rings is 1. The first-order chi connectivity index (χ1) is 8.15. The van der Waals surface area contributed by atoms with Gasteiger partial charge in [-0.1, -0.05) is 43.6 Å². The minimum Gasteiger partial charge on any atom is -0.381 e. The number of ether oxygens (including phenoxy) is 1. The van der Waals surface area contributed by atoms with Crippen LogP contribution < -0.4 is 0 Å². The fraction of sp³-hybridized carbons (Fsp3) is 0.571. The molecule has 0 fully saturated rings. The van der Waals surface area contributed by atoms with Gasteiger partial charge in [0.2, 0.25) is 0 Å². The molecule has 0 radical (unpaired) electrons. The first-order valence-electron chi connectivity index (χ1n) is 6.03. The second kappa shape index (κ2) is 7.97. The van der Waals surface area contributed by atoms with Gasteiger partial charge in [0, 0.05) is 30.0 Å². The fourth-order valence-electron chi connectivity index (χ4n) is 1.67. The van der Waals surface area contributed by atoms with Gasteiger partial charge in [-0.15, -0.1) is 11.6 Å². The number of hydrogen-bond acceptors (Lipinski definition) is 1. The molecule has 0 heterocycles. The van der Waals surface area contributed by atoms with Crippen LogP contribution in [0.4, 0.5) is 0 Å². The van der Waals surface area contributed by atoms with Crippen LogP contribution in [0.5, 0.6) is 0 Å². The van der Waals surface area contributed by atoms with Crippen molar-refractivity contribution in [2.45, 2.75) is 26.2 Å². The molecule has 0 aliphatic carbocycles. The maximum absolute atomic E-state index is 6.16. The first-order valence-corrected chi connectivity index (χ1v) is 6.94. The molecule has 0 aromatic heterocycles. The van der Waals surface area contributed by atoms with Crippen LogP contribution in [-0.4, -0.2) is 19.1 Å². The van der Waals surface area contributed by atoms with E-state index in [4.69, 9.17) is 27.9 Å². The Morgan fingerprint density at radius 2 is 1.94 bits per heavy atom. The maximum atomic E-state index is 6.16. The summed E-state index contributed by atoms with van der Waals surface area (Å²) in [6.07, 6.45) is 0.917. The van der Waals surface area contributed by atoms with Gasteiger partial charge in [0.05, 0.1) is 0 Å². The van der Waals surface area contributed by atoms with Gasteiger partial charge in [0.25, 0.3) is 0 Å². The Hall–Kier alpha value is -0.240. The smallest absolute Gasteiger partial charge is 0.0488 e. The van der Waals surface area contributed by atoms with Crippen LogP contribution in [0.3, 0.4) is 0 Å². The van der Waals surface area contributed by atoms with E-state index in [2.05, 4.69) is 13.8 Å².